The fourth-order valence-corrected chi connectivity index (χ4v) is 3.04. The summed E-state index contributed by atoms with van der Waals surface area (Å²) in [5, 5.41) is 13.7. The van der Waals surface area contributed by atoms with Crippen LogP contribution in [0.15, 0.2) is 48.5 Å². The molecule has 1 aromatic heterocycles. The molecule has 3 aromatic rings. The molecule has 22 heavy (non-hydrogen) atoms. The maximum absolute atomic E-state index is 11.7. The number of carboxylic acids is 1. The number of hydrogen-bond donors (Lipinski definition) is 2. The average Bonchev–Trinajstić information content (AvgIpc) is 3.02. The van der Waals surface area contributed by atoms with Crippen LogP contribution in [0.4, 0.5) is 0 Å². The van der Waals surface area contributed by atoms with E-state index >= 15 is 0 Å². The highest BCUT2D eigenvalue weighted by Crippen LogP contribution is 2.32. The summed E-state index contributed by atoms with van der Waals surface area (Å²) in [7, 11) is 0. The number of fused-ring (bicyclic) bond motifs is 2. The Bertz CT molecular complexity index is 903. The van der Waals surface area contributed by atoms with E-state index in [1.165, 1.54) is 5.56 Å². The molecule has 0 radical (unpaired) electrons. The summed E-state index contributed by atoms with van der Waals surface area (Å²) in [6.07, 6.45) is 0. The highest BCUT2D eigenvalue weighted by molar-refractivity contribution is 5.99. The van der Waals surface area contributed by atoms with Crippen LogP contribution in [0.25, 0.3) is 22.2 Å². The zero-order valence-corrected chi connectivity index (χ0v) is 11.8. The molecule has 2 N–H and O–H groups in total. The topological polar surface area (TPSA) is 62.2 Å². The van der Waals surface area contributed by atoms with Gasteiger partial charge in [-0.15, -0.1) is 0 Å². The van der Waals surface area contributed by atoms with E-state index in [2.05, 4.69) is 16.4 Å². The minimum Gasteiger partial charge on any atom is -0.478 e. The smallest absolute Gasteiger partial charge is 0.337 e. The van der Waals surface area contributed by atoms with Gasteiger partial charge in [-0.05, 0) is 23.3 Å². The van der Waals surface area contributed by atoms with Gasteiger partial charge < -0.3 is 10.4 Å². The zero-order chi connectivity index (χ0) is 15.1. The van der Waals surface area contributed by atoms with Crippen molar-refractivity contribution in [1.29, 1.82) is 0 Å². The molecule has 0 bridgehead atoms. The van der Waals surface area contributed by atoms with Gasteiger partial charge in [0.1, 0.15) is 0 Å². The van der Waals surface area contributed by atoms with Crippen molar-refractivity contribution < 1.29 is 9.90 Å². The zero-order valence-electron chi connectivity index (χ0n) is 11.8. The Morgan fingerprint density at radius 2 is 1.95 bits per heavy atom. The summed E-state index contributed by atoms with van der Waals surface area (Å²) >= 11 is 0. The highest BCUT2D eigenvalue weighted by Gasteiger charge is 2.21. The number of rotatable bonds is 2. The van der Waals surface area contributed by atoms with Crippen molar-refractivity contribution in [2.24, 2.45) is 0 Å². The maximum Gasteiger partial charge on any atom is 0.337 e. The monoisotopic (exact) mass is 290 g/mol. The third-order valence-corrected chi connectivity index (χ3v) is 4.10. The second-order valence-corrected chi connectivity index (χ2v) is 5.43. The van der Waals surface area contributed by atoms with Crippen molar-refractivity contribution in [2.45, 2.75) is 13.1 Å². The van der Waals surface area contributed by atoms with Crippen molar-refractivity contribution in [1.82, 2.24) is 10.3 Å². The molecule has 4 nitrogen and oxygen atoms in total. The highest BCUT2D eigenvalue weighted by atomic mass is 16.4. The SMILES string of the molecule is O=C(O)c1cc2ccccc2nc1-c1cccc2c1CNC2. The van der Waals surface area contributed by atoms with Gasteiger partial charge in [0.05, 0.1) is 16.8 Å². The molecule has 2 aromatic carbocycles. The fraction of sp³-hybridized carbons (Fsp3) is 0.111. The Hall–Kier alpha value is -2.72. The molecule has 0 aliphatic carbocycles. The number of hydrogen-bond acceptors (Lipinski definition) is 3. The third kappa shape index (κ3) is 1.96. The van der Waals surface area contributed by atoms with Crippen molar-refractivity contribution in [3.63, 3.8) is 0 Å². The number of aromatic carboxylic acids is 1. The van der Waals surface area contributed by atoms with E-state index in [9.17, 15) is 9.90 Å². The van der Waals surface area contributed by atoms with E-state index in [1.807, 2.05) is 36.4 Å². The summed E-state index contributed by atoms with van der Waals surface area (Å²) in [6, 6.07) is 15.3. The Labute approximate surface area is 127 Å². The summed E-state index contributed by atoms with van der Waals surface area (Å²) < 4.78 is 0. The predicted octanol–water partition coefficient (Wildman–Crippen LogP) is 3.20. The second-order valence-electron chi connectivity index (χ2n) is 5.43. The Morgan fingerprint density at radius 3 is 2.82 bits per heavy atom. The van der Waals surface area contributed by atoms with E-state index in [4.69, 9.17) is 0 Å². The Morgan fingerprint density at radius 1 is 1.09 bits per heavy atom. The van der Waals surface area contributed by atoms with E-state index in [-0.39, 0.29) is 5.56 Å². The molecular formula is C18H14N2O2. The quantitative estimate of drug-likeness (QED) is 0.761. The number of nitrogens with zero attached hydrogens (tertiary/aromatic N) is 1. The first kappa shape index (κ1) is 13.0. The molecule has 2 heterocycles. The van der Waals surface area contributed by atoms with E-state index in [1.54, 1.807) is 6.07 Å². The standard InChI is InChI=1S/C18H14N2O2/c21-18(22)14-8-11-4-1-2-7-16(11)20-17(14)13-6-3-5-12-9-19-10-15(12)13/h1-8,19H,9-10H2,(H,21,22). The number of carbonyl (C=O) groups is 1. The first-order valence-corrected chi connectivity index (χ1v) is 7.19. The molecule has 1 aliphatic heterocycles. The first-order valence-electron chi connectivity index (χ1n) is 7.19. The first-order chi connectivity index (χ1) is 10.7. The third-order valence-electron chi connectivity index (χ3n) is 4.10. The van der Waals surface area contributed by atoms with Gasteiger partial charge in [-0.2, -0.15) is 0 Å². The minimum atomic E-state index is -0.947. The predicted molar refractivity (Wildman–Crippen MR) is 84.7 cm³/mol. The molecule has 0 unspecified atom stereocenters. The molecular weight excluding hydrogens is 276 g/mol. The van der Waals surface area contributed by atoms with E-state index < -0.39 is 5.97 Å². The lowest BCUT2D eigenvalue weighted by Crippen LogP contribution is -2.04. The van der Waals surface area contributed by atoms with Gasteiger partial charge in [0.25, 0.3) is 0 Å². The molecule has 0 saturated carbocycles. The number of pyridine rings is 1. The molecule has 0 atom stereocenters. The van der Waals surface area contributed by atoms with Crippen LogP contribution in [-0.4, -0.2) is 16.1 Å². The van der Waals surface area contributed by atoms with Gasteiger partial charge in [0.15, 0.2) is 0 Å². The van der Waals surface area contributed by atoms with Crippen molar-refractivity contribution >= 4 is 16.9 Å². The van der Waals surface area contributed by atoms with Gasteiger partial charge >= 0.3 is 5.97 Å². The molecule has 0 amide bonds. The summed E-state index contributed by atoms with van der Waals surface area (Å²) in [6.45, 7) is 1.57. The van der Waals surface area contributed by atoms with Crippen molar-refractivity contribution in [3.05, 3.63) is 65.2 Å². The van der Waals surface area contributed by atoms with Crippen LogP contribution in [0.3, 0.4) is 0 Å². The van der Waals surface area contributed by atoms with Gasteiger partial charge in [0.2, 0.25) is 0 Å². The van der Waals surface area contributed by atoms with Crippen LogP contribution in [0.1, 0.15) is 21.5 Å². The lowest BCUT2D eigenvalue weighted by molar-refractivity contribution is 0.0697. The number of nitrogens with one attached hydrogen (secondary N) is 1. The minimum absolute atomic E-state index is 0.249. The van der Waals surface area contributed by atoms with Gasteiger partial charge in [-0.25, -0.2) is 9.78 Å². The van der Waals surface area contributed by atoms with Crippen LogP contribution in [-0.2, 0) is 13.1 Å². The van der Waals surface area contributed by atoms with Crippen LogP contribution in [0.5, 0.6) is 0 Å². The fourth-order valence-electron chi connectivity index (χ4n) is 3.04. The summed E-state index contributed by atoms with van der Waals surface area (Å²) in [5.74, 6) is -0.947. The number of para-hydroxylation sites is 1. The summed E-state index contributed by atoms with van der Waals surface area (Å²) in [5.41, 5.74) is 4.87. The molecule has 0 fully saturated rings. The molecule has 4 rings (SSSR count). The van der Waals surface area contributed by atoms with Crippen LogP contribution in [0.2, 0.25) is 0 Å². The lowest BCUT2D eigenvalue weighted by Gasteiger charge is -2.11. The number of aromatic nitrogens is 1. The Kier molecular flexibility index (Phi) is 2.91. The van der Waals surface area contributed by atoms with Crippen LogP contribution in [0, 0.1) is 0 Å². The molecule has 4 heteroatoms. The average molecular weight is 290 g/mol. The lowest BCUT2D eigenvalue weighted by atomic mass is 9.96. The summed E-state index contributed by atoms with van der Waals surface area (Å²) in [4.78, 5) is 16.3. The largest absolute Gasteiger partial charge is 0.478 e. The molecule has 0 spiro atoms. The van der Waals surface area contributed by atoms with E-state index in [0.717, 1.165) is 35.1 Å². The number of carboxylic acid groups (broad SMARTS) is 1. The van der Waals surface area contributed by atoms with Gasteiger partial charge in [-0.1, -0.05) is 36.4 Å². The van der Waals surface area contributed by atoms with Crippen LogP contribution < -0.4 is 5.32 Å². The second kappa shape index (κ2) is 4.93. The van der Waals surface area contributed by atoms with Gasteiger partial charge in [-0.3, -0.25) is 0 Å². The molecule has 0 saturated heterocycles. The van der Waals surface area contributed by atoms with Crippen molar-refractivity contribution in [3.8, 4) is 11.3 Å². The molecule has 1 aliphatic rings. The maximum atomic E-state index is 11.7. The normalized spacial score (nSPS) is 13.3. The van der Waals surface area contributed by atoms with Crippen LogP contribution >= 0.6 is 0 Å². The van der Waals surface area contributed by atoms with E-state index in [0.29, 0.717) is 5.69 Å². The number of benzene rings is 2. The van der Waals surface area contributed by atoms with Crippen molar-refractivity contribution in [2.75, 3.05) is 0 Å². The van der Waals surface area contributed by atoms with Gasteiger partial charge in [0, 0.05) is 24.0 Å². The Balaban J connectivity index is 2.04. The molecule has 108 valence electrons.